The standard InChI is InChI=1S/C16H16ClF3N4O/c1-3-6-21-15-22-9(2)7-13(24-15)14(25)23-12-8-10(16(18,19)20)4-5-11(12)17/h4-5,7-8H,3,6H2,1-2H3,(H,23,25)(H,21,22,24). The molecule has 1 aromatic carbocycles. The average Bonchev–Trinajstić information content (AvgIpc) is 2.53. The maximum Gasteiger partial charge on any atom is 0.416 e. The number of benzene rings is 1. The van der Waals surface area contributed by atoms with Crippen LogP contribution in [0.25, 0.3) is 0 Å². The van der Waals surface area contributed by atoms with Crippen molar-refractivity contribution in [2.75, 3.05) is 17.2 Å². The summed E-state index contributed by atoms with van der Waals surface area (Å²) in [5.41, 5.74) is -0.467. The Labute approximate surface area is 147 Å². The second-order valence-electron chi connectivity index (χ2n) is 5.29. The van der Waals surface area contributed by atoms with E-state index in [0.717, 1.165) is 24.6 Å². The molecule has 0 bridgehead atoms. The van der Waals surface area contributed by atoms with Crippen molar-refractivity contribution in [2.24, 2.45) is 0 Å². The monoisotopic (exact) mass is 372 g/mol. The summed E-state index contributed by atoms with van der Waals surface area (Å²) in [5, 5.41) is 5.31. The molecular formula is C16H16ClF3N4O. The van der Waals surface area contributed by atoms with E-state index in [2.05, 4.69) is 20.6 Å². The van der Waals surface area contributed by atoms with Gasteiger partial charge in [-0.05, 0) is 37.6 Å². The lowest BCUT2D eigenvalue weighted by Crippen LogP contribution is -2.17. The predicted molar refractivity (Wildman–Crippen MR) is 90.0 cm³/mol. The first-order valence-electron chi connectivity index (χ1n) is 7.48. The van der Waals surface area contributed by atoms with E-state index in [1.807, 2.05) is 6.92 Å². The zero-order chi connectivity index (χ0) is 18.6. The van der Waals surface area contributed by atoms with Crippen molar-refractivity contribution >= 4 is 29.1 Å². The number of hydrogen-bond acceptors (Lipinski definition) is 4. The zero-order valence-electron chi connectivity index (χ0n) is 13.5. The smallest absolute Gasteiger partial charge is 0.354 e. The Bertz CT molecular complexity index is 780. The van der Waals surface area contributed by atoms with E-state index in [9.17, 15) is 18.0 Å². The fourth-order valence-electron chi connectivity index (χ4n) is 1.98. The lowest BCUT2D eigenvalue weighted by Gasteiger charge is -2.12. The quantitative estimate of drug-likeness (QED) is 0.809. The number of alkyl halides is 3. The second kappa shape index (κ2) is 7.69. The number of aromatic nitrogens is 2. The van der Waals surface area contributed by atoms with E-state index in [0.29, 0.717) is 12.2 Å². The summed E-state index contributed by atoms with van der Waals surface area (Å²) in [6.07, 6.45) is -3.69. The highest BCUT2D eigenvalue weighted by Crippen LogP contribution is 2.33. The summed E-state index contributed by atoms with van der Waals surface area (Å²) in [6, 6.07) is 4.15. The molecule has 0 aliphatic carbocycles. The first-order valence-corrected chi connectivity index (χ1v) is 7.86. The van der Waals surface area contributed by atoms with Crippen LogP contribution in [0.1, 0.15) is 35.1 Å². The molecule has 1 aromatic heterocycles. The Hall–Kier alpha value is -2.35. The molecule has 0 aliphatic heterocycles. The molecule has 25 heavy (non-hydrogen) atoms. The number of rotatable bonds is 5. The normalized spacial score (nSPS) is 11.3. The van der Waals surface area contributed by atoms with Gasteiger partial charge in [-0.1, -0.05) is 18.5 Å². The van der Waals surface area contributed by atoms with Crippen LogP contribution in [0.5, 0.6) is 0 Å². The zero-order valence-corrected chi connectivity index (χ0v) is 14.3. The number of amides is 1. The number of hydrogen-bond donors (Lipinski definition) is 2. The number of anilines is 2. The Morgan fingerprint density at radius 1 is 1.24 bits per heavy atom. The molecule has 0 radical (unpaired) electrons. The molecule has 0 spiro atoms. The summed E-state index contributed by atoms with van der Waals surface area (Å²) in [7, 11) is 0. The van der Waals surface area contributed by atoms with Crippen molar-refractivity contribution in [1.82, 2.24) is 9.97 Å². The molecule has 2 aromatic rings. The largest absolute Gasteiger partial charge is 0.416 e. The van der Waals surface area contributed by atoms with Gasteiger partial charge in [-0.2, -0.15) is 13.2 Å². The topological polar surface area (TPSA) is 66.9 Å². The van der Waals surface area contributed by atoms with E-state index in [-0.39, 0.29) is 22.4 Å². The van der Waals surface area contributed by atoms with Gasteiger partial charge in [-0.15, -0.1) is 0 Å². The maximum atomic E-state index is 12.8. The number of halogens is 4. The molecule has 0 fully saturated rings. The molecule has 0 unspecified atom stereocenters. The van der Waals surface area contributed by atoms with Crippen molar-refractivity contribution < 1.29 is 18.0 Å². The van der Waals surface area contributed by atoms with Gasteiger partial charge in [-0.3, -0.25) is 4.79 Å². The van der Waals surface area contributed by atoms with Gasteiger partial charge in [0.25, 0.3) is 5.91 Å². The predicted octanol–water partition coefficient (Wildman–Crippen LogP) is 4.53. The molecule has 0 saturated heterocycles. The summed E-state index contributed by atoms with van der Waals surface area (Å²) in [5.74, 6) is -0.395. The Morgan fingerprint density at radius 2 is 1.96 bits per heavy atom. The maximum absolute atomic E-state index is 12.8. The van der Waals surface area contributed by atoms with Crippen LogP contribution in [0.2, 0.25) is 5.02 Å². The SMILES string of the molecule is CCCNc1nc(C)cc(C(=O)Nc2cc(C(F)(F)F)ccc2Cl)n1. The molecule has 1 heterocycles. The Balaban J connectivity index is 2.26. The third-order valence-corrected chi connectivity index (χ3v) is 3.49. The minimum atomic E-state index is -4.53. The molecule has 0 aliphatic rings. The van der Waals surface area contributed by atoms with Crippen molar-refractivity contribution in [3.63, 3.8) is 0 Å². The number of nitrogens with zero attached hydrogens (tertiary/aromatic N) is 2. The first kappa shape index (κ1) is 19.0. The summed E-state index contributed by atoms with van der Waals surface area (Å²) in [6.45, 7) is 4.28. The van der Waals surface area contributed by atoms with Gasteiger partial charge in [0.15, 0.2) is 0 Å². The van der Waals surface area contributed by atoms with E-state index in [1.54, 1.807) is 6.92 Å². The molecule has 1 amide bonds. The van der Waals surface area contributed by atoms with Crippen LogP contribution in [0.3, 0.4) is 0 Å². The minimum absolute atomic E-state index is 0.00328. The van der Waals surface area contributed by atoms with Gasteiger partial charge in [0.1, 0.15) is 5.69 Å². The Morgan fingerprint density at radius 3 is 2.60 bits per heavy atom. The molecule has 0 atom stereocenters. The van der Waals surface area contributed by atoms with Crippen LogP contribution in [0, 0.1) is 6.92 Å². The highest BCUT2D eigenvalue weighted by atomic mass is 35.5. The molecular weight excluding hydrogens is 357 g/mol. The van der Waals surface area contributed by atoms with Gasteiger partial charge in [0.2, 0.25) is 5.95 Å². The van der Waals surface area contributed by atoms with Crippen molar-refractivity contribution in [1.29, 1.82) is 0 Å². The van der Waals surface area contributed by atoms with Crippen molar-refractivity contribution in [3.05, 3.63) is 46.2 Å². The van der Waals surface area contributed by atoms with E-state index in [1.165, 1.54) is 6.07 Å². The lowest BCUT2D eigenvalue weighted by atomic mass is 10.2. The molecule has 134 valence electrons. The van der Waals surface area contributed by atoms with Gasteiger partial charge >= 0.3 is 6.18 Å². The van der Waals surface area contributed by atoms with E-state index < -0.39 is 17.6 Å². The number of aryl methyl sites for hydroxylation is 1. The van der Waals surface area contributed by atoms with Crippen LogP contribution >= 0.6 is 11.6 Å². The average molecular weight is 373 g/mol. The van der Waals surface area contributed by atoms with Crippen molar-refractivity contribution in [2.45, 2.75) is 26.4 Å². The fourth-order valence-corrected chi connectivity index (χ4v) is 2.15. The summed E-state index contributed by atoms with van der Waals surface area (Å²) >= 11 is 5.88. The van der Waals surface area contributed by atoms with Crippen LogP contribution in [-0.2, 0) is 6.18 Å². The second-order valence-corrected chi connectivity index (χ2v) is 5.70. The molecule has 0 saturated carbocycles. The number of nitrogens with one attached hydrogen (secondary N) is 2. The summed E-state index contributed by atoms with van der Waals surface area (Å²) in [4.78, 5) is 20.6. The van der Waals surface area contributed by atoms with Crippen LogP contribution in [0.15, 0.2) is 24.3 Å². The number of carbonyl (C=O) groups excluding carboxylic acids is 1. The molecule has 9 heteroatoms. The first-order chi connectivity index (χ1) is 11.7. The van der Waals surface area contributed by atoms with Crippen molar-refractivity contribution in [3.8, 4) is 0 Å². The Kier molecular flexibility index (Phi) is 5.84. The van der Waals surface area contributed by atoms with Gasteiger partial charge in [-0.25, -0.2) is 9.97 Å². The van der Waals surface area contributed by atoms with Gasteiger partial charge in [0, 0.05) is 12.2 Å². The van der Waals surface area contributed by atoms with E-state index in [4.69, 9.17) is 11.6 Å². The third kappa shape index (κ3) is 5.06. The molecule has 2 rings (SSSR count). The molecule has 2 N–H and O–H groups in total. The molecule has 5 nitrogen and oxygen atoms in total. The van der Waals surface area contributed by atoms with Crippen LogP contribution < -0.4 is 10.6 Å². The highest BCUT2D eigenvalue weighted by Gasteiger charge is 2.31. The fraction of sp³-hybridized carbons (Fsp3) is 0.312. The third-order valence-electron chi connectivity index (χ3n) is 3.16. The minimum Gasteiger partial charge on any atom is -0.354 e. The van der Waals surface area contributed by atoms with Gasteiger partial charge in [0.05, 0.1) is 16.3 Å². The lowest BCUT2D eigenvalue weighted by molar-refractivity contribution is -0.137. The van der Waals surface area contributed by atoms with E-state index >= 15 is 0 Å². The van der Waals surface area contributed by atoms with Gasteiger partial charge < -0.3 is 10.6 Å². The number of carbonyl (C=O) groups is 1. The van der Waals surface area contributed by atoms with Crippen LogP contribution in [0.4, 0.5) is 24.8 Å². The summed E-state index contributed by atoms with van der Waals surface area (Å²) < 4.78 is 38.4. The highest BCUT2D eigenvalue weighted by molar-refractivity contribution is 6.33. The van der Waals surface area contributed by atoms with Crippen LogP contribution in [-0.4, -0.2) is 22.4 Å².